The predicted octanol–water partition coefficient (Wildman–Crippen LogP) is 5.03. The van der Waals surface area contributed by atoms with Gasteiger partial charge >= 0.3 is 6.09 Å². The second-order valence-corrected chi connectivity index (χ2v) is 7.32. The molecular weight excluding hydrogens is 340 g/mol. The Bertz CT molecular complexity index is 866. The van der Waals surface area contributed by atoms with Crippen LogP contribution in [0.15, 0.2) is 42.5 Å². The first-order valence-corrected chi connectivity index (χ1v) is 9.18. The van der Waals surface area contributed by atoms with Gasteiger partial charge in [-0.1, -0.05) is 13.0 Å². The Morgan fingerprint density at radius 2 is 1.85 bits per heavy atom. The molecule has 0 spiro atoms. The van der Waals surface area contributed by atoms with Crippen molar-refractivity contribution in [1.82, 2.24) is 4.90 Å². The number of hydrogen-bond acceptors (Lipinski definition) is 4. The summed E-state index contributed by atoms with van der Waals surface area (Å²) in [4.78, 5) is 14.1. The quantitative estimate of drug-likeness (QED) is 0.763. The normalized spacial score (nSPS) is 13.5. The van der Waals surface area contributed by atoms with E-state index >= 15 is 0 Å². The molecule has 0 radical (unpaired) electrons. The van der Waals surface area contributed by atoms with Gasteiger partial charge in [0.1, 0.15) is 17.1 Å². The summed E-state index contributed by atoms with van der Waals surface area (Å²) in [6.45, 7) is 7.04. The average Bonchev–Trinajstić information content (AvgIpc) is 2.68. The summed E-state index contributed by atoms with van der Waals surface area (Å²) in [5, 5.41) is 8.86. The molecule has 0 saturated heterocycles. The number of carbonyl (C=O) groups excluding carboxylic acids is 1. The Hall–Kier alpha value is -3.00. The number of rotatable bonds is 4. The van der Waals surface area contributed by atoms with Crippen LogP contribution < -0.4 is 4.74 Å². The summed E-state index contributed by atoms with van der Waals surface area (Å²) in [5.74, 6) is 1.44. The monoisotopic (exact) mass is 364 g/mol. The highest BCUT2D eigenvalue weighted by atomic mass is 16.6. The molecule has 3 rings (SSSR count). The van der Waals surface area contributed by atoms with Gasteiger partial charge in [0.2, 0.25) is 0 Å². The van der Waals surface area contributed by atoms with Gasteiger partial charge in [0.25, 0.3) is 0 Å². The fraction of sp³-hybridized carbons (Fsp3) is 0.364. The zero-order valence-corrected chi connectivity index (χ0v) is 16.0. The van der Waals surface area contributed by atoms with Crippen LogP contribution in [-0.4, -0.2) is 23.1 Å². The lowest BCUT2D eigenvalue weighted by Crippen LogP contribution is -2.40. The standard InChI is InChI=1S/C22H24N2O3/c1-4-22(2,3)27-21(25)24-12-11-17-13-20(10-7-18(17)15-24)26-19-8-5-16(14-23)6-9-19/h5-10,13H,4,11-12,15H2,1-3H3. The summed E-state index contributed by atoms with van der Waals surface area (Å²) >= 11 is 0. The van der Waals surface area contributed by atoms with Crippen molar-refractivity contribution >= 4 is 6.09 Å². The van der Waals surface area contributed by atoms with Gasteiger partial charge in [-0.15, -0.1) is 0 Å². The van der Waals surface area contributed by atoms with E-state index in [9.17, 15) is 4.79 Å². The molecule has 1 aliphatic heterocycles. The number of benzene rings is 2. The topological polar surface area (TPSA) is 62.6 Å². The molecule has 2 aromatic carbocycles. The number of amides is 1. The molecule has 1 aliphatic rings. The summed E-state index contributed by atoms with van der Waals surface area (Å²) < 4.78 is 11.5. The summed E-state index contributed by atoms with van der Waals surface area (Å²) in [5.41, 5.74) is 2.45. The van der Waals surface area contributed by atoms with Gasteiger partial charge in [0, 0.05) is 13.1 Å². The fourth-order valence-electron chi connectivity index (χ4n) is 2.86. The van der Waals surface area contributed by atoms with Crippen molar-refractivity contribution in [3.8, 4) is 17.6 Å². The maximum absolute atomic E-state index is 12.4. The van der Waals surface area contributed by atoms with E-state index in [0.29, 0.717) is 24.4 Å². The summed E-state index contributed by atoms with van der Waals surface area (Å²) in [7, 11) is 0. The Kier molecular flexibility index (Phi) is 5.36. The second kappa shape index (κ2) is 7.71. The first-order valence-electron chi connectivity index (χ1n) is 9.18. The highest BCUT2D eigenvalue weighted by Gasteiger charge is 2.27. The van der Waals surface area contributed by atoms with Crippen LogP contribution >= 0.6 is 0 Å². The third-order valence-corrected chi connectivity index (χ3v) is 4.88. The molecule has 5 heteroatoms. The van der Waals surface area contributed by atoms with Gasteiger partial charge in [0.15, 0.2) is 0 Å². The highest BCUT2D eigenvalue weighted by Crippen LogP contribution is 2.28. The molecule has 1 heterocycles. The minimum absolute atomic E-state index is 0.259. The predicted molar refractivity (Wildman–Crippen MR) is 103 cm³/mol. The number of ether oxygens (including phenoxy) is 2. The Balaban J connectivity index is 1.67. The van der Waals surface area contributed by atoms with Crippen LogP contribution in [0.5, 0.6) is 11.5 Å². The van der Waals surface area contributed by atoms with Crippen LogP contribution in [0.4, 0.5) is 4.79 Å². The lowest BCUT2D eigenvalue weighted by atomic mass is 9.99. The minimum Gasteiger partial charge on any atom is -0.457 e. The minimum atomic E-state index is -0.448. The van der Waals surface area contributed by atoms with Crippen molar-refractivity contribution in [1.29, 1.82) is 5.26 Å². The van der Waals surface area contributed by atoms with Crippen LogP contribution in [0.25, 0.3) is 0 Å². The maximum Gasteiger partial charge on any atom is 0.410 e. The fourth-order valence-corrected chi connectivity index (χ4v) is 2.86. The highest BCUT2D eigenvalue weighted by molar-refractivity contribution is 5.68. The molecule has 0 aliphatic carbocycles. The lowest BCUT2D eigenvalue weighted by Gasteiger charge is -2.32. The van der Waals surface area contributed by atoms with E-state index < -0.39 is 5.60 Å². The largest absolute Gasteiger partial charge is 0.457 e. The number of nitriles is 1. The second-order valence-electron chi connectivity index (χ2n) is 7.32. The molecule has 0 saturated carbocycles. The van der Waals surface area contributed by atoms with Crippen molar-refractivity contribution in [2.45, 2.75) is 45.8 Å². The Morgan fingerprint density at radius 1 is 1.15 bits per heavy atom. The SMILES string of the molecule is CCC(C)(C)OC(=O)N1CCc2cc(Oc3ccc(C#N)cc3)ccc2C1. The third-order valence-electron chi connectivity index (χ3n) is 4.88. The van der Waals surface area contributed by atoms with E-state index in [1.54, 1.807) is 29.2 Å². The van der Waals surface area contributed by atoms with E-state index in [0.717, 1.165) is 24.2 Å². The molecule has 0 atom stereocenters. The van der Waals surface area contributed by atoms with Crippen LogP contribution in [0.1, 0.15) is 43.9 Å². The molecule has 0 N–H and O–H groups in total. The molecule has 2 aromatic rings. The van der Waals surface area contributed by atoms with Crippen LogP contribution in [0.3, 0.4) is 0 Å². The van der Waals surface area contributed by atoms with Gasteiger partial charge in [0.05, 0.1) is 11.6 Å². The molecule has 0 unspecified atom stereocenters. The van der Waals surface area contributed by atoms with E-state index in [1.165, 1.54) is 5.56 Å². The summed E-state index contributed by atoms with van der Waals surface area (Å²) in [6.07, 6.45) is 1.28. The van der Waals surface area contributed by atoms with Gasteiger partial charge in [-0.05, 0) is 74.2 Å². The average molecular weight is 364 g/mol. The summed E-state index contributed by atoms with van der Waals surface area (Å²) in [6, 6.07) is 15.0. The molecule has 1 amide bonds. The maximum atomic E-state index is 12.4. The van der Waals surface area contributed by atoms with Crippen LogP contribution in [0.2, 0.25) is 0 Å². The van der Waals surface area contributed by atoms with Crippen LogP contribution in [-0.2, 0) is 17.7 Å². The smallest absolute Gasteiger partial charge is 0.410 e. The number of fused-ring (bicyclic) bond motifs is 1. The Morgan fingerprint density at radius 3 is 2.52 bits per heavy atom. The van der Waals surface area contributed by atoms with Gasteiger partial charge in [-0.2, -0.15) is 5.26 Å². The van der Waals surface area contributed by atoms with Crippen LogP contribution in [0, 0.1) is 11.3 Å². The molecule has 0 bridgehead atoms. The molecule has 140 valence electrons. The molecule has 0 fully saturated rings. The molecule has 0 aromatic heterocycles. The van der Waals surface area contributed by atoms with Gasteiger partial charge in [-0.25, -0.2) is 4.79 Å². The van der Waals surface area contributed by atoms with E-state index in [4.69, 9.17) is 14.7 Å². The van der Waals surface area contributed by atoms with Gasteiger partial charge < -0.3 is 14.4 Å². The zero-order chi connectivity index (χ0) is 19.4. The number of nitrogens with zero attached hydrogens (tertiary/aromatic N) is 2. The van der Waals surface area contributed by atoms with Crippen molar-refractivity contribution in [3.05, 3.63) is 59.2 Å². The third kappa shape index (κ3) is 4.59. The van der Waals surface area contributed by atoms with Crippen molar-refractivity contribution in [2.75, 3.05) is 6.54 Å². The molecular formula is C22H24N2O3. The van der Waals surface area contributed by atoms with Crippen molar-refractivity contribution < 1.29 is 14.3 Å². The Labute approximate surface area is 160 Å². The number of carbonyl (C=O) groups is 1. The van der Waals surface area contributed by atoms with E-state index in [2.05, 4.69) is 6.07 Å². The van der Waals surface area contributed by atoms with E-state index in [1.807, 2.05) is 39.0 Å². The molecule has 27 heavy (non-hydrogen) atoms. The zero-order valence-electron chi connectivity index (χ0n) is 16.0. The lowest BCUT2D eigenvalue weighted by molar-refractivity contribution is 0.00907. The van der Waals surface area contributed by atoms with E-state index in [-0.39, 0.29) is 6.09 Å². The first kappa shape index (κ1) is 18.8. The van der Waals surface area contributed by atoms with Gasteiger partial charge in [-0.3, -0.25) is 0 Å². The first-order chi connectivity index (χ1) is 12.9. The van der Waals surface area contributed by atoms with Crippen molar-refractivity contribution in [3.63, 3.8) is 0 Å². The molecule has 5 nitrogen and oxygen atoms in total. The van der Waals surface area contributed by atoms with Crippen molar-refractivity contribution in [2.24, 2.45) is 0 Å². The number of hydrogen-bond donors (Lipinski definition) is 0.